The Kier molecular flexibility index (Phi) is 4.81. The van der Waals surface area contributed by atoms with E-state index in [-0.39, 0.29) is 24.4 Å². The van der Waals surface area contributed by atoms with Crippen molar-refractivity contribution in [3.63, 3.8) is 0 Å². The molecule has 1 amide bonds. The molecule has 4 rings (SSSR count). The van der Waals surface area contributed by atoms with Gasteiger partial charge in [0.05, 0.1) is 11.6 Å². The Morgan fingerprint density at radius 2 is 1.86 bits per heavy atom. The predicted octanol–water partition coefficient (Wildman–Crippen LogP) is 2.88. The van der Waals surface area contributed by atoms with Crippen molar-refractivity contribution < 1.29 is 18.7 Å². The van der Waals surface area contributed by atoms with Gasteiger partial charge in [0.1, 0.15) is 19.8 Å². The number of nitrogens with zero attached hydrogens (tertiary/aromatic N) is 1. The molecule has 0 radical (unpaired) electrons. The maximum absolute atomic E-state index is 12.7. The summed E-state index contributed by atoms with van der Waals surface area (Å²) in [5.41, 5.74) is 1.99. The topological polar surface area (TPSA) is 82.7 Å². The van der Waals surface area contributed by atoms with E-state index in [1.165, 1.54) is 4.57 Å². The first-order chi connectivity index (χ1) is 13.5. The number of hydrogen-bond donors (Lipinski definition) is 1. The average Bonchev–Trinajstić information content (AvgIpc) is 3.01. The fourth-order valence-electron chi connectivity index (χ4n) is 3.41. The molecule has 0 saturated carbocycles. The number of aromatic nitrogens is 1. The molecule has 0 fully saturated rings. The van der Waals surface area contributed by atoms with Crippen molar-refractivity contribution in [2.75, 3.05) is 13.2 Å². The van der Waals surface area contributed by atoms with Crippen LogP contribution in [0, 0.1) is 5.92 Å². The summed E-state index contributed by atoms with van der Waals surface area (Å²) in [5.74, 6) is 0.726. The second-order valence-corrected chi connectivity index (χ2v) is 7.11. The van der Waals surface area contributed by atoms with Crippen molar-refractivity contribution >= 4 is 17.0 Å². The molecule has 7 heteroatoms. The highest BCUT2D eigenvalue weighted by Crippen LogP contribution is 2.34. The molecule has 146 valence electrons. The number of carbonyl (C=O) groups is 1. The van der Waals surface area contributed by atoms with Crippen molar-refractivity contribution in [2.45, 2.75) is 26.4 Å². The van der Waals surface area contributed by atoms with E-state index >= 15 is 0 Å². The predicted molar refractivity (Wildman–Crippen MR) is 104 cm³/mol. The van der Waals surface area contributed by atoms with Gasteiger partial charge in [0, 0.05) is 0 Å². The zero-order valence-electron chi connectivity index (χ0n) is 15.8. The van der Waals surface area contributed by atoms with Gasteiger partial charge in [0.2, 0.25) is 5.91 Å². The number of ether oxygens (including phenoxy) is 2. The lowest BCUT2D eigenvalue weighted by Crippen LogP contribution is -2.36. The molecule has 1 N–H and O–H groups in total. The zero-order chi connectivity index (χ0) is 19.7. The van der Waals surface area contributed by atoms with Crippen LogP contribution in [0.3, 0.4) is 0 Å². The number of rotatable bonds is 5. The van der Waals surface area contributed by atoms with Crippen LogP contribution < -0.4 is 20.5 Å². The lowest BCUT2D eigenvalue weighted by Gasteiger charge is -2.25. The van der Waals surface area contributed by atoms with Gasteiger partial charge in [-0.05, 0) is 35.7 Å². The van der Waals surface area contributed by atoms with E-state index in [4.69, 9.17) is 13.9 Å². The average molecular weight is 382 g/mol. The van der Waals surface area contributed by atoms with Crippen LogP contribution in [0.5, 0.6) is 11.5 Å². The Balaban J connectivity index is 1.56. The number of fused-ring (bicyclic) bond motifs is 2. The summed E-state index contributed by atoms with van der Waals surface area (Å²) in [6, 6.07) is 12.5. The van der Waals surface area contributed by atoms with Crippen molar-refractivity contribution in [3.05, 3.63) is 58.6 Å². The number of para-hydroxylation sites is 2. The number of amides is 1. The van der Waals surface area contributed by atoms with Crippen LogP contribution in [-0.4, -0.2) is 23.7 Å². The molecule has 0 unspecified atom stereocenters. The maximum atomic E-state index is 12.7. The number of oxazole rings is 1. The van der Waals surface area contributed by atoms with E-state index in [0.29, 0.717) is 35.8 Å². The highest BCUT2D eigenvalue weighted by atomic mass is 16.6. The van der Waals surface area contributed by atoms with Gasteiger partial charge in [0.25, 0.3) is 0 Å². The molecule has 28 heavy (non-hydrogen) atoms. The van der Waals surface area contributed by atoms with E-state index in [2.05, 4.69) is 5.32 Å². The summed E-state index contributed by atoms with van der Waals surface area (Å²) in [5, 5.41) is 3.03. The molecule has 1 aliphatic rings. The van der Waals surface area contributed by atoms with E-state index in [9.17, 15) is 9.59 Å². The molecule has 0 aliphatic carbocycles. The van der Waals surface area contributed by atoms with Crippen LogP contribution in [-0.2, 0) is 11.3 Å². The van der Waals surface area contributed by atoms with Gasteiger partial charge in [-0.3, -0.25) is 9.36 Å². The van der Waals surface area contributed by atoms with Crippen molar-refractivity contribution in [1.29, 1.82) is 0 Å². The second-order valence-electron chi connectivity index (χ2n) is 7.11. The first kappa shape index (κ1) is 18.2. The minimum absolute atomic E-state index is 0.108. The Bertz CT molecular complexity index is 1070. The van der Waals surface area contributed by atoms with Crippen LogP contribution in [0.4, 0.5) is 0 Å². The largest absolute Gasteiger partial charge is 0.486 e. The normalized spacial score (nSPS) is 14.2. The van der Waals surface area contributed by atoms with E-state index in [1.807, 2.05) is 32.0 Å². The third-order valence-electron chi connectivity index (χ3n) is 4.78. The van der Waals surface area contributed by atoms with Crippen LogP contribution in [0.1, 0.15) is 25.5 Å². The number of hydrogen-bond acceptors (Lipinski definition) is 5. The lowest BCUT2D eigenvalue weighted by atomic mass is 9.95. The molecule has 1 aromatic heterocycles. The maximum Gasteiger partial charge on any atom is 0.420 e. The Hall–Kier alpha value is -3.22. The summed E-state index contributed by atoms with van der Waals surface area (Å²) in [7, 11) is 0. The Morgan fingerprint density at radius 3 is 2.64 bits per heavy atom. The molecule has 0 bridgehead atoms. The molecule has 2 heterocycles. The third-order valence-corrected chi connectivity index (χ3v) is 4.78. The van der Waals surface area contributed by atoms with Crippen LogP contribution in [0.25, 0.3) is 11.1 Å². The molecule has 1 aliphatic heterocycles. The molecule has 0 saturated heterocycles. The SMILES string of the molecule is CC(C)[C@@H](NC(=O)Cn1c(=O)oc2ccccc21)c1ccc2c(c1)OCCO2. The number of benzene rings is 2. The standard InChI is InChI=1S/C21H22N2O5/c1-13(2)20(14-7-8-17-18(11-14)27-10-9-26-17)22-19(24)12-23-15-5-3-4-6-16(15)28-21(23)25/h3-8,11,13,20H,9-10,12H2,1-2H3,(H,22,24)/t20-/m1/s1. The smallest absolute Gasteiger partial charge is 0.420 e. The molecule has 3 aromatic rings. The Labute approximate surface area is 161 Å². The van der Waals surface area contributed by atoms with Gasteiger partial charge in [0.15, 0.2) is 17.1 Å². The van der Waals surface area contributed by atoms with Crippen LogP contribution in [0.15, 0.2) is 51.7 Å². The van der Waals surface area contributed by atoms with Gasteiger partial charge < -0.3 is 19.2 Å². The van der Waals surface area contributed by atoms with E-state index in [1.54, 1.807) is 24.3 Å². The van der Waals surface area contributed by atoms with Crippen LogP contribution >= 0.6 is 0 Å². The fourth-order valence-corrected chi connectivity index (χ4v) is 3.41. The van der Waals surface area contributed by atoms with Crippen LogP contribution in [0.2, 0.25) is 0 Å². The minimum atomic E-state index is -0.545. The third kappa shape index (κ3) is 3.47. The minimum Gasteiger partial charge on any atom is -0.486 e. The number of nitrogens with one attached hydrogen (secondary N) is 1. The fraction of sp³-hybridized carbons (Fsp3) is 0.333. The van der Waals surface area contributed by atoms with Crippen molar-refractivity contribution in [2.24, 2.45) is 5.92 Å². The zero-order valence-corrected chi connectivity index (χ0v) is 15.8. The molecule has 7 nitrogen and oxygen atoms in total. The highest BCUT2D eigenvalue weighted by Gasteiger charge is 2.22. The second kappa shape index (κ2) is 7.42. The molecule has 0 spiro atoms. The first-order valence-electron chi connectivity index (χ1n) is 9.30. The first-order valence-corrected chi connectivity index (χ1v) is 9.30. The number of carbonyl (C=O) groups excluding carboxylic acids is 1. The van der Waals surface area contributed by atoms with Crippen molar-refractivity contribution in [3.8, 4) is 11.5 Å². The Morgan fingerprint density at radius 1 is 1.11 bits per heavy atom. The van der Waals surface area contributed by atoms with Gasteiger partial charge >= 0.3 is 5.76 Å². The van der Waals surface area contributed by atoms with Gasteiger partial charge in [-0.1, -0.05) is 32.0 Å². The summed E-state index contributed by atoms with van der Waals surface area (Å²) in [6.07, 6.45) is 0. The van der Waals surface area contributed by atoms with E-state index in [0.717, 1.165) is 5.56 Å². The van der Waals surface area contributed by atoms with E-state index < -0.39 is 5.76 Å². The van der Waals surface area contributed by atoms with Crippen molar-refractivity contribution in [1.82, 2.24) is 9.88 Å². The summed E-state index contributed by atoms with van der Waals surface area (Å²) in [6.45, 7) is 4.99. The summed E-state index contributed by atoms with van der Waals surface area (Å²) < 4.78 is 17.8. The monoisotopic (exact) mass is 382 g/mol. The molecule has 1 atom stereocenters. The quantitative estimate of drug-likeness (QED) is 0.734. The van der Waals surface area contributed by atoms with Gasteiger partial charge in [-0.15, -0.1) is 0 Å². The highest BCUT2D eigenvalue weighted by molar-refractivity contribution is 5.79. The van der Waals surface area contributed by atoms with Gasteiger partial charge in [-0.2, -0.15) is 0 Å². The summed E-state index contributed by atoms with van der Waals surface area (Å²) >= 11 is 0. The molecule has 2 aromatic carbocycles. The lowest BCUT2D eigenvalue weighted by molar-refractivity contribution is -0.122. The molecular formula is C21H22N2O5. The summed E-state index contributed by atoms with van der Waals surface area (Å²) in [4.78, 5) is 24.8. The van der Waals surface area contributed by atoms with Gasteiger partial charge in [-0.25, -0.2) is 4.79 Å². The molecular weight excluding hydrogens is 360 g/mol.